The summed E-state index contributed by atoms with van der Waals surface area (Å²) >= 11 is 0. The zero-order valence-electron chi connectivity index (χ0n) is 64.0. The van der Waals surface area contributed by atoms with E-state index in [4.69, 9.17) is 37.0 Å². The third-order valence-electron chi connectivity index (χ3n) is 16.4. The Balaban J connectivity index is 5.34. The normalized spacial score (nSPS) is 14.5. The van der Waals surface area contributed by atoms with Crippen LogP contribution < -0.4 is 0 Å². The number of carbonyl (C=O) groups is 4. The molecule has 17 nitrogen and oxygen atoms in total. The molecule has 0 heterocycles. The summed E-state index contributed by atoms with van der Waals surface area (Å²) in [5.74, 6) is -2.23. The zero-order valence-corrected chi connectivity index (χ0v) is 65.8. The van der Waals surface area contributed by atoms with E-state index in [0.29, 0.717) is 25.7 Å². The van der Waals surface area contributed by atoms with Crippen molar-refractivity contribution >= 4 is 39.5 Å². The Bertz CT molecular complexity index is 2410. The SMILES string of the molecule is CC/C=C\C/C=C\C/C=C\C/C=C\C/C=C\CCCCCC(=O)OCC(COP(=O)(O)OCC(O)COP(=O)(O)OCC(COC(=O)CCCCCCCC/C=C\C/C=C\C/C=C\C/C=C\CC)OC(=O)CCCCCCCCCCCCC)OC(=O)CCCCCCC/C=C\CCCCCC. The van der Waals surface area contributed by atoms with Crippen molar-refractivity contribution in [3.8, 4) is 0 Å². The molecule has 0 rings (SSSR count). The molecule has 0 aromatic carbocycles. The van der Waals surface area contributed by atoms with Gasteiger partial charge in [0.25, 0.3) is 0 Å². The molecule has 102 heavy (non-hydrogen) atoms. The van der Waals surface area contributed by atoms with Gasteiger partial charge in [0.2, 0.25) is 0 Å². The number of allylic oxidation sites excluding steroid dienone is 20. The van der Waals surface area contributed by atoms with Crippen LogP contribution in [0.15, 0.2) is 122 Å². The molecule has 3 N–H and O–H groups in total. The average Bonchev–Trinajstić information content (AvgIpc) is 0.907. The number of aliphatic hydroxyl groups excluding tert-OH is 1. The molecule has 0 bridgehead atoms. The maximum absolute atomic E-state index is 13.1. The standard InChI is InChI=1S/C83H142O17P2/c1-5-9-13-17-21-25-29-32-34-36-38-40-42-45-48-51-55-59-63-67-80(85)93-73-78(99-82(87)69-65-61-57-53-47-28-24-20-16-12-8-4)75-97-101(89,90)95-71-77(84)72-96-102(91,92)98-76-79(100-83(88)70-66-62-58-54-50-44-31-27-23-19-15-11-7-3)74-94-81(86)68-64-60-56-52-49-46-43-41-39-37-35-33-30-26-22-18-14-10-6-2/h9-10,13-14,21-22,25-27,31-35,38-41,46,49,77-79,84H,5-8,11-12,15-20,23-24,28-30,36-37,42-45,47-48,50-76H2,1-4H3,(H,89,90)(H,91,92)/b13-9-,14-10-,25-21-,26-22-,31-27-,34-32-,35-33-,40-38-,41-39-,49-46-. The first-order chi connectivity index (χ1) is 49.7. The Labute approximate surface area is 619 Å². The van der Waals surface area contributed by atoms with Gasteiger partial charge in [-0.2, -0.15) is 0 Å². The maximum atomic E-state index is 13.1. The quantitative estimate of drug-likeness (QED) is 0.0169. The zero-order chi connectivity index (χ0) is 74.6. The number of phosphoric acid groups is 2. The van der Waals surface area contributed by atoms with Gasteiger partial charge in [-0.1, -0.05) is 284 Å². The molecule has 0 aliphatic rings. The van der Waals surface area contributed by atoms with E-state index in [2.05, 4.69) is 149 Å². The van der Waals surface area contributed by atoms with Crippen LogP contribution >= 0.6 is 15.6 Å². The van der Waals surface area contributed by atoms with E-state index < -0.39 is 97.5 Å². The van der Waals surface area contributed by atoms with E-state index in [1.54, 1.807) is 0 Å². The van der Waals surface area contributed by atoms with Gasteiger partial charge in [0.15, 0.2) is 12.2 Å². The molecule has 0 saturated carbocycles. The van der Waals surface area contributed by atoms with Crippen molar-refractivity contribution in [2.75, 3.05) is 39.6 Å². The number of esters is 4. The second kappa shape index (κ2) is 74.7. The van der Waals surface area contributed by atoms with Gasteiger partial charge in [-0.3, -0.25) is 37.3 Å². The average molecular weight is 1470 g/mol. The van der Waals surface area contributed by atoms with Crippen molar-refractivity contribution in [3.63, 3.8) is 0 Å². The highest BCUT2D eigenvalue weighted by molar-refractivity contribution is 7.47. The van der Waals surface area contributed by atoms with Crippen LogP contribution in [0, 0.1) is 0 Å². The van der Waals surface area contributed by atoms with Crippen LogP contribution in [-0.4, -0.2) is 96.7 Å². The minimum atomic E-state index is -4.99. The highest BCUT2D eigenvalue weighted by Gasteiger charge is 2.30. The molecule has 5 unspecified atom stereocenters. The van der Waals surface area contributed by atoms with Crippen LogP contribution in [0.25, 0.3) is 0 Å². The lowest BCUT2D eigenvalue weighted by Crippen LogP contribution is -2.30. The van der Waals surface area contributed by atoms with E-state index in [0.717, 1.165) is 180 Å². The minimum Gasteiger partial charge on any atom is -0.462 e. The third kappa shape index (κ3) is 73.8. The maximum Gasteiger partial charge on any atom is 0.472 e. The fraction of sp³-hybridized carbons (Fsp3) is 0.711. The third-order valence-corrected chi connectivity index (χ3v) is 18.3. The lowest BCUT2D eigenvalue weighted by molar-refractivity contribution is -0.161. The van der Waals surface area contributed by atoms with Crippen molar-refractivity contribution in [1.82, 2.24) is 0 Å². The van der Waals surface area contributed by atoms with Gasteiger partial charge in [-0.15, -0.1) is 0 Å². The number of unbranched alkanes of at least 4 members (excludes halogenated alkanes) is 28. The molecule has 0 aromatic heterocycles. The van der Waals surface area contributed by atoms with Crippen LogP contribution in [0.2, 0.25) is 0 Å². The molecule has 5 atom stereocenters. The van der Waals surface area contributed by atoms with E-state index in [1.807, 2.05) is 0 Å². The van der Waals surface area contributed by atoms with Crippen molar-refractivity contribution in [2.24, 2.45) is 0 Å². The Morgan fingerprint density at radius 1 is 0.284 bits per heavy atom. The predicted octanol–water partition coefficient (Wildman–Crippen LogP) is 23.1. The first-order valence-electron chi connectivity index (χ1n) is 39.8. The molecule has 0 saturated heterocycles. The molecule has 0 radical (unpaired) electrons. The molecule has 0 spiro atoms. The molecule has 0 fully saturated rings. The van der Waals surface area contributed by atoms with Gasteiger partial charge < -0.3 is 33.8 Å². The second-order valence-corrected chi connectivity index (χ2v) is 29.2. The Morgan fingerprint density at radius 3 is 0.814 bits per heavy atom. The summed E-state index contributed by atoms with van der Waals surface area (Å²) in [6.45, 7) is 4.58. The number of rotatable bonds is 74. The summed E-state index contributed by atoms with van der Waals surface area (Å²) in [6, 6.07) is 0. The Kier molecular flexibility index (Phi) is 71.4. The number of carbonyl (C=O) groups excluding carboxylic acids is 4. The lowest BCUT2D eigenvalue weighted by atomic mass is 10.1. The van der Waals surface area contributed by atoms with E-state index in [9.17, 15) is 43.2 Å². The number of phosphoric ester groups is 2. The molecule has 0 aromatic rings. The minimum absolute atomic E-state index is 0.0759. The fourth-order valence-corrected chi connectivity index (χ4v) is 12.0. The van der Waals surface area contributed by atoms with Crippen molar-refractivity contribution in [2.45, 2.75) is 341 Å². The Hall–Kier alpha value is -4.54. The Morgan fingerprint density at radius 2 is 0.510 bits per heavy atom. The highest BCUT2D eigenvalue weighted by Crippen LogP contribution is 2.45. The van der Waals surface area contributed by atoms with Crippen molar-refractivity contribution in [1.29, 1.82) is 0 Å². The number of ether oxygens (including phenoxy) is 4. The number of hydrogen-bond acceptors (Lipinski definition) is 15. The summed E-state index contributed by atoms with van der Waals surface area (Å²) in [7, 11) is -9.96. The van der Waals surface area contributed by atoms with Crippen LogP contribution in [0.5, 0.6) is 0 Å². The van der Waals surface area contributed by atoms with E-state index >= 15 is 0 Å². The fourth-order valence-electron chi connectivity index (χ4n) is 10.4. The van der Waals surface area contributed by atoms with E-state index in [1.165, 1.54) is 64.2 Å². The number of aliphatic hydroxyl groups is 1. The van der Waals surface area contributed by atoms with Gasteiger partial charge in [0, 0.05) is 25.7 Å². The van der Waals surface area contributed by atoms with Crippen LogP contribution in [-0.2, 0) is 65.4 Å². The van der Waals surface area contributed by atoms with Gasteiger partial charge in [-0.05, 0) is 135 Å². The van der Waals surface area contributed by atoms with E-state index in [-0.39, 0.29) is 25.7 Å². The molecular formula is C83H142O17P2. The highest BCUT2D eigenvalue weighted by atomic mass is 31.2. The predicted molar refractivity (Wildman–Crippen MR) is 418 cm³/mol. The van der Waals surface area contributed by atoms with Gasteiger partial charge in [0.05, 0.1) is 26.4 Å². The van der Waals surface area contributed by atoms with Gasteiger partial charge in [-0.25, -0.2) is 9.13 Å². The van der Waals surface area contributed by atoms with Crippen molar-refractivity contribution in [3.05, 3.63) is 122 Å². The van der Waals surface area contributed by atoms with Crippen LogP contribution in [0.4, 0.5) is 0 Å². The summed E-state index contributed by atoms with van der Waals surface area (Å²) in [6.07, 6.45) is 81.8. The van der Waals surface area contributed by atoms with Crippen LogP contribution in [0.3, 0.4) is 0 Å². The molecule has 0 aliphatic carbocycles. The summed E-state index contributed by atoms with van der Waals surface area (Å²) in [5.41, 5.74) is 0. The first-order valence-corrected chi connectivity index (χ1v) is 42.8. The molecule has 19 heteroatoms. The summed E-state index contributed by atoms with van der Waals surface area (Å²) in [4.78, 5) is 72.9. The number of hydrogen-bond donors (Lipinski definition) is 3. The lowest BCUT2D eigenvalue weighted by Gasteiger charge is -2.21. The molecular weight excluding hydrogens is 1330 g/mol. The van der Waals surface area contributed by atoms with Crippen molar-refractivity contribution < 1.29 is 80.2 Å². The summed E-state index contributed by atoms with van der Waals surface area (Å²) < 4.78 is 68.5. The van der Waals surface area contributed by atoms with Gasteiger partial charge >= 0.3 is 39.5 Å². The second-order valence-electron chi connectivity index (χ2n) is 26.2. The topological polar surface area (TPSA) is 237 Å². The molecule has 0 amide bonds. The van der Waals surface area contributed by atoms with Gasteiger partial charge in [0.1, 0.15) is 19.3 Å². The summed E-state index contributed by atoms with van der Waals surface area (Å²) in [5, 5.41) is 10.6. The van der Waals surface area contributed by atoms with Crippen LogP contribution in [0.1, 0.15) is 323 Å². The molecule has 0 aliphatic heterocycles. The first kappa shape index (κ1) is 97.5. The monoisotopic (exact) mass is 1470 g/mol. The largest absolute Gasteiger partial charge is 0.472 e. The molecule has 586 valence electrons. The smallest absolute Gasteiger partial charge is 0.462 e.